The summed E-state index contributed by atoms with van der Waals surface area (Å²) in [5.74, 6) is 0.580. The van der Waals surface area contributed by atoms with Gasteiger partial charge < -0.3 is 9.47 Å². The third-order valence-electron chi connectivity index (χ3n) is 15.6. The average Bonchev–Trinajstić information content (AvgIpc) is 3.87. The maximum absolute atomic E-state index is 2.48. The summed E-state index contributed by atoms with van der Waals surface area (Å²) in [5.41, 5.74) is 21.3. The van der Waals surface area contributed by atoms with Gasteiger partial charge >= 0.3 is 0 Å². The smallest absolute Gasteiger partial charge is 0.0619 e. The van der Waals surface area contributed by atoms with Crippen LogP contribution in [0.1, 0.15) is 68.6 Å². The highest BCUT2D eigenvalue weighted by molar-refractivity contribution is 6.14. The van der Waals surface area contributed by atoms with Crippen LogP contribution in [0.5, 0.6) is 0 Å². The molecule has 1 saturated carbocycles. The summed E-state index contributed by atoms with van der Waals surface area (Å²) in [7, 11) is 0. The maximum atomic E-state index is 2.48. The van der Waals surface area contributed by atoms with Crippen molar-refractivity contribution in [3.05, 3.63) is 241 Å². The molecule has 2 nitrogen and oxygen atoms in total. The van der Waals surface area contributed by atoms with E-state index in [4.69, 9.17) is 0 Å². The fourth-order valence-electron chi connectivity index (χ4n) is 12.2. The number of para-hydroxylation sites is 4. The van der Waals surface area contributed by atoms with Crippen LogP contribution in [0.3, 0.4) is 0 Å². The second-order valence-electron chi connectivity index (χ2n) is 19.9. The lowest BCUT2D eigenvalue weighted by Gasteiger charge is -2.29. The highest BCUT2D eigenvalue weighted by Gasteiger charge is 2.35. The molecule has 0 amide bonds. The van der Waals surface area contributed by atoms with Crippen molar-refractivity contribution >= 4 is 49.6 Å². The first-order valence-corrected chi connectivity index (χ1v) is 25.0. The Morgan fingerprint density at radius 3 is 1.83 bits per heavy atom. The number of hydrogen-bond acceptors (Lipinski definition) is 1. The molecule has 1 heterocycles. The molecule has 11 aromatic rings. The molecule has 0 spiro atoms. The molecule has 0 saturated heterocycles. The summed E-state index contributed by atoms with van der Waals surface area (Å²) in [4.78, 5) is 2.48. The monoisotopic (exact) mass is 886 g/mol. The number of anilines is 3. The van der Waals surface area contributed by atoms with Gasteiger partial charge in [0.05, 0.1) is 16.7 Å². The molecule has 2 aliphatic carbocycles. The van der Waals surface area contributed by atoms with Crippen molar-refractivity contribution in [2.24, 2.45) is 0 Å². The molecular weight excluding hydrogens is 833 g/mol. The van der Waals surface area contributed by atoms with Crippen molar-refractivity contribution in [1.29, 1.82) is 0 Å². The Balaban J connectivity index is 0.962. The van der Waals surface area contributed by atoms with Gasteiger partial charge in [0, 0.05) is 44.4 Å². The first-order valence-electron chi connectivity index (χ1n) is 25.0. The SMILES string of the molecule is CC1(C)c2ccccc2-c2ccc(-c3ccc(N(c4ccc(-c5cccc6c7ccccc7n(-c7ccccc7)c56)cc4)c4ccccc4-c4cccc5cccc(C6CCCCC6)c45)cc3)cc21. The Bertz CT molecular complexity index is 3710. The van der Waals surface area contributed by atoms with Crippen LogP contribution in [0.15, 0.2) is 224 Å². The summed E-state index contributed by atoms with van der Waals surface area (Å²) in [6.45, 7) is 4.73. The first-order chi connectivity index (χ1) is 34.0. The topological polar surface area (TPSA) is 8.17 Å². The number of hydrogen-bond donors (Lipinski definition) is 0. The number of benzene rings is 10. The lowest BCUT2D eigenvalue weighted by molar-refractivity contribution is 0.445. The van der Waals surface area contributed by atoms with Crippen LogP contribution >= 0.6 is 0 Å². The quantitative estimate of drug-likeness (QED) is 0.148. The lowest BCUT2D eigenvalue weighted by Crippen LogP contribution is -2.14. The minimum Gasteiger partial charge on any atom is -0.310 e. The standard InChI is InChI=1S/C67H54N2/c1-67(2)61-31-12-9-24-55(61)56-43-38-49(44-62(56)67)45-34-39-51(40-35-45)68(63-32-13-10-25-57(63)59-29-16-21-48-20-15-27-53(65(48)59)46-18-5-3-6-19-46)52-41-36-47(37-42-52)54-28-17-30-60-58-26-11-14-33-64(58)69(66(54)60)50-22-7-4-8-23-50/h4,7-17,20-44,46H,3,5-6,18-19H2,1-2H3. The predicted molar refractivity (Wildman–Crippen MR) is 293 cm³/mol. The summed E-state index contributed by atoms with van der Waals surface area (Å²) < 4.78 is 2.44. The van der Waals surface area contributed by atoms with E-state index in [-0.39, 0.29) is 5.41 Å². The van der Waals surface area contributed by atoms with E-state index in [2.05, 4.69) is 248 Å². The number of rotatable bonds is 8. The van der Waals surface area contributed by atoms with E-state index in [1.165, 1.54) is 126 Å². The van der Waals surface area contributed by atoms with Crippen LogP contribution in [0.4, 0.5) is 17.1 Å². The van der Waals surface area contributed by atoms with E-state index in [0.717, 1.165) is 22.7 Å². The first kappa shape index (κ1) is 41.3. The summed E-state index contributed by atoms with van der Waals surface area (Å²) in [5, 5.41) is 5.22. The normalized spacial score (nSPS) is 14.3. The molecule has 0 N–H and O–H groups in total. The van der Waals surface area contributed by atoms with Crippen LogP contribution in [-0.4, -0.2) is 4.57 Å². The van der Waals surface area contributed by atoms with Crippen molar-refractivity contribution in [2.75, 3.05) is 4.90 Å². The largest absolute Gasteiger partial charge is 0.310 e. The predicted octanol–water partition coefficient (Wildman–Crippen LogP) is 18.8. The van der Waals surface area contributed by atoms with E-state index >= 15 is 0 Å². The molecule has 0 bridgehead atoms. The molecule has 332 valence electrons. The van der Waals surface area contributed by atoms with Gasteiger partial charge in [-0.15, -0.1) is 0 Å². The fourth-order valence-corrected chi connectivity index (χ4v) is 12.2. The van der Waals surface area contributed by atoms with Gasteiger partial charge in [-0.2, -0.15) is 0 Å². The third kappa shape index (κ3) is 6.84. The molecule has 13 rings (SSSR count). The van der Waals surface area contributed by atoms with Crippen molar-refractivity contribution < 1.29 is 0 Å². The second kappa shape index (κ2) is 16.7. The van der Waals surface area contributed by atoms with Crippen molar-refractivity contribution in [3.8, 4) is 50.2 Å². The van der Waals surface area contributed by atoms with Crippen LogP contribution < -0.4 is 4.90 Å². The molecule has 1 fully saturated rings. The van der Waals surface area contributed by atoms with Gasteiger partial charge in [-0.1, -0.05) is 203 Å². The minimum absolute atomic E-state index is 0.0589. The maximum Gasteiger partial charge on any atom is 0.0619 e. The van der Waals surface area contributed by atoms with Crippen molar-refractivity contribution in [2.45, 2.75) is 57.3 Å². The number of fused-ring (bicyclic) bond motifs is 7. The Morgan fingerprint density at radius 1 is 0.435 bits per heavy atom. The average molecular weight is 887 g/mol. The summed E-state index contributed by atoms with van der Waals surface area (Å²) in [6, 6.07) is 83.9. The number of nitrogens with zero attached hydrogens (tertiary/aromatic N) is 2. The van der Waals surface area contributed by atoms with Crippen LogP contribution in [0, 0.1) is 0 Å². The Hall–Kier alpha value is -7.94. The zero-order valence-corrected chi connectivity index (χ0v) is 39.4. The molecule has 1 aromatic heterocycles. The van der Waals surface area contributed by atoms with Gasteiger partial charge in [-0.05, 0) is 134 Å². The molecule has 69 heavy (non-hydrogen) atoms. The molecule has 0 atom stereocenters. The van der Waals surface area contributed by atoms with Crippen LogP contribution in [0.2, 0.25) is 0 Å². The van der Waals surface area contributed by atoms with Gasteiger partial charge in [0.15, 0.2) is 0 Å². The van der Waals surface area contributed by atoms with Crippen molar-refractivity contribution in [1.82, 2.24) is 4.57 Å². The molecule has 10 aromatic carbocycles. The molecule has 2 heteroatoms. The number of aromatic nitrogens is 1. The second-order valence-corrected chi connectivity index (χ2v) is 19.9. The van der Waals surface area contributed by atoms with Gasteiger partial charge in [-0.25, -0.2) is 0 Å². The summed E-state index contributed by atoms with van der Waals surface area (Å²) in [6.07, 6.45) is 6.47. The third-order valence-corrected chi connectivity index (χ3v) is 15.6. The van der Waals surface area contributed by atoms with E-state index in [1.807, 2.05) is 0 Å². The molecule has 0 aliphatic heterocycles. The minimum atomic E-state index is -0.0589. The van der Waals surface area contributed by atoms with Crippen LogP contribution in [-0.2, 0) is 5.41 Å². The van der Waals surface area contributed by atoms with Gasteiger partial charge in [-0.3, -0.25) is 0 Å². The van der Waals surface area contributed by atoms with E-state index in [1.54, 1.807) is 0 Å². The highest BCUT2D eigenvalue weighted by atomic mass is 15.1. The van der Waals surface area contributed by atoms with Gasteiger partial charge in [0.1, 0.15) is 0 Å². The van der Waals surface area contributed by atoms with Crippen molar-refractivity contribution in [3.63, 3.8) is 0 Å². The van der Waals surface area contributed by atoms with E-state index in [0.29, 0.717) is 5.92 Å². The molecule has 2 aliphatic rings. The van der Waals surface area contributed by atoms with Gasteiger partial charge in [0.2, 0.25) is 0 Å². The highest BCUT2D eigenvalue weighted by Crippen LogP contribution is 2.51. The summed E-state index contributed by atoms with van der Waals surface area (Å²) >= 11 is 0. The zero-order valence-electron chi connectivity index (χ0n) is 39.4. The Labute approximate surface area is 405 Å². The molecule has 0 radical (unpaired) electrons. The molecule has 0 unspecified atom stereocenters. The zero-order chi connectivity index (χ0) is 46.1. The Kier molecular flexibility index (Phi) is 9.98. The lowest BCUT2D eigenvalue weighted by atomic mass is 9.80. The van der Waals surface area contributed by atoms with E-state index in [9.17, 15) is 0 Å². The molecular formula is C67H54N2. The van der Waals surface area contributed by atoms with Crippen LogP contribution in [0.25, 0.3) is 82.8 Å². The van der Waals surface area contributed by atoms with Gasteiger partial charge in [0.25, 0.3) is 0 Å². The van der Waals surface area contributed by atoms with E-state index < -0.39 is 0 Å². The Morgan fingerprint density at radius 2 is 1.03 bits per heavy atom. The fraction of sp³-hybridized carbons (Fsp3) is 0.134.